The molecular formula is C7H18N2O2. The first kappa shape index (κ1) is 10.8. The molecule has 4 heteroatoms. The molecule has 0 fully saturated rings. The molecule has 0 spiro atoms. The standard InChI is InChI=1S/C7H18N2O2/c1-4-10-9(11-5-2)7-6-8-3/h8H,4-7H2,1-3H3. The van der Waals surface area contributed by atoms with Crippen LogP contribution in [0.25, 0.3) is 0 Å². The highest BCUT2D eigenvalue weighted by molar-refractivity contribution is 4.37. The molecule has 0 saturated heterocycles. The van der Waals surface area contributed by atoms with Crippen molar-refractivity contribution in [3.05, 3.63) is 0 Å². The topological polar surface area (TPSA) is 33.7 Å². The van der Waals surface area contributed by atoms with E-state index in [0.717, 1.165) is 13.1 Å². The average molecular weight is 162 g/mol. The summed E-state index contributed by atoms with van der Waals surface area (Å²) >= 11 is 0. The number of likely N-dealkylation sites (N-methyl/N-ethyl adjacent to an activating group) is 1. The molecule has 0 amide bonds. The van der Waals surface area contributed by atoms with Crippen molar-refractivity contribution in [1.82, 2.24) is 10.5 Å². The van der Waals surface area contributed by atoms with Gasteiger partial charge in [0.15, 0.2) is 0 Å². The Morgan fingerprint density at radius 3 is 2.09 bits per heavy atom. The van der Waals surface area contributed by atoms with E-state index in [4.69, 9.17) is 9.68 Å². The summed E-state index contributed by atoms with van der Waals surface area (Å²) in [7, 11) is 1.90. The molecule has 0 aliphatic rings. The lowest BCUT2D eigenvalue weighted by Crippen LogP contribution is -2.31. The fourth-order valence-corrected chi connectivity index (χ4v) is 0.657. The van der Waals surface area contributed by atoms with Crippen molar-refractivity contribution in [3.8, 4) is 0 Å². The minimum Gasteiger partial charge on any atom is -0.318 e. The lowest BCUT2D eigenvalue weighted by molar-refractivity contribution is -0.363. The first-order valence-corrected chi connectivity index (χ1v) is 4.03. The normalized spacial score (nSPS) is 10.9. The second-order valence-electron chi connectivity index (χ2n) is 2.00. The number of hydroxylamine groups is 2. The summed E-state index contributed by atoms with van der Waals surface area (Å²) in [5.74, 6) is 0. The highest BCUT2D eigenvalue weighted by Crippen LogP contribution is 1.90. The van der Waals surface area contributed by atoms with Gasteiger partial charge in [0, 0.05) is 6.54 Å². The van der Waals surface area contributed by atoms with Gasteiger partial charge in [0.2, 0.25) is 0 Å². The van der Waals surface area contributed by atoms with Crippen molar-refractivity contribution in [3.63, 3.8) is 0 Å². The van der Waals surface area contributed by atoms with Gasteiger partial charge in [-0.15, -0.1) is 0 Å². The van der Waals surface area contributed by atoms with Crippen LogP contribution in [0.4, 0.5) is 0 Å². The van der Waals surface area contributed by atoms with Crippen LogP contribution in [0.2, 0.25) is 0 Å². The van der Waals surface area contributed by atoms with Gasteiger partial charge in [-0.2, -0.15) is 0 Å². The molecule has 0 aromatic heterocycles. The molecule has 0 bridgehead atoms. The molecule has 0 heterocycles. The first-order valence-electron chi connectivity index (χ1n) is 4.03. The van der Waals surface area contributed by atoms with Gasteiger partial charge in [-0.1, -0.05) is 5.23 Å². The van der Waals surface area contributed by atoms with Crippen molar-refractivity contribution >= 4 is 0 Å². The van der Waals surface area contributed by atoms with E-state index in [-0.39, 0.29) is 0 Å². The smallest absolute Gasteiger partial charge is 0.0683 e. The first-order chi connectivity index (χ1) is 5.35. The van der Waals surface area contributed by atoms with Crippen LogP contribution in [0.5, 0.6) is 0 Å². The summed E-state index contributed by atoms with van der Waals surface area (Å²) in [6.07, 6.45) is 0. The largest absolute Gasteiger partial charge is 0.318 e. The monoisotopic (exact) mass is 162 g/mol. The molecule has 0 aromatic carbocycles. The molecular weight excluding hydrogens is 144 g/mol. The van der Waals surface area contributed by atoms with E-state index in [0.29, 0.717) is 13.2 Å². The molecule has 0 aromatic rings. The van der Waals surface area contributed by atoms with Gasteiger partial charge in [0.25, 0.3) is 0 Å². The van der Waals surface area contributed by atoms with Gasteiger partial charge in [-0.3, -0.25) is 9.68 Å². The molecule has 1 N–H and O–H groups in total. The lowest BCUT2D eigenvalue weighted by Gasteiger charge is -2.18. The van der Waals surface area contributed by atoms with E-state index in [9.17, 15) is 0 Å². The molecule has 68 valence electrons. The second kappa shape index (κ2) is 7.94. The van der Waals surface area contributed by atoms with Crippen LogP contribution in [-0.4, -0.2) is 38.6 Å². The molecule has 0 atom stereocenters. The van der Waals surface area contributed by atoms with Crippen LogP contribution in [0.3, 0.4) is 0 Å². The molecule has 0 aliphatic carbocycles. The molecule has 0 saturated carbocycles. The maximum atomic E-state index is 5.16. The molecule has 0 unspecified atom stereocenters. The van der Waals surface area contributed by atoms with Crippen LogP contribution in [0.15, 0.2) is 0 Å². The van der Waals surface area contributed by atoms with Crippen LogP contribution < -0.4 is 5.32 Å². The Kier molecular flexibility index (Phi) is 7.83. The Hall–Kier alpha value is -0.160. The summed E-state index contributed by atoms with van der Waals surface area (Å²) in [5.41, 5.74) is 0. The van der Waals surface area contributed by atoms with Crippen molar-refractivity contribution in [2.24, 2.45) is 0 Å². The number of nitrogens with one attached hydrogen (secondary N) is 1. The van der Waals surface area contributed by atoms with Gasteiger partial charge in [0.05, 0.1) is 19.8 Å². The van der Waals surface area contributed by atoms with Crippen LogP contribution in [-0.2, 0) is 9.68 Å². The zero-order valence-corrected chi connectivity index (χ0v) is 7.59. The Bertz CT molecular complexity index is 74.8. The van der Waals surface area contributed by atoms with Crippen LogP contribution >= 0.6 is 0 Å². The van der Waals surface area contributed by atoms with E-state index in [1.165, 1.54) is 5.23 Å². The number of hydrogen-bond acceptors (Lipinski definition) is 4. The Balaban J connectivity index is 3.34. The van der Waals surface area contributed by atoms with Crippen molar-refractivity contribution in [2.45, 2.75) is 13.8 Å². The molecule has 0 radical (unpaired) electrons. The SMILES string of the molecule is CCON(CCNC)OCC. The third-order valence-electron chi connectivity index (χ3n) is 1.09. The highest BCUT2D eigenvalue weighted by Gasteiger charge is 2.01. The van der Waals surface area contributed by atoms with Gasteiger partial charge >= 0.3 is 0 Å². The minimum absolute atomic E-state index is 0.643. The minimum atomic E-state index is 0.643. The fourth-order valence-electron chi connectivity index (χ4n) is 0.657. The fraction of sp³-hybridized carbons (Fsp3) is 1.00. The Morgan fingerprint density at radius 2 is 1.73 bits per heavy atom. The quantitative estimate of drug-likeness (QED) is 0.550. The number of rotatable bonds is 7. The third kappa shape index (κ3) is 6.25. The van der Waals surface area contributed by atoms with Gasteiger partial charge in [-0.25, -0.2) is 0 Å². The third-order valence-corrected chi connectivity index (χ3v) is 1.09. The van der Waals surface area contributed by atoms with E-state index in [2.05, 4.69) is 5.32 Å². The number of nitrogens with zero attached hydrogens (tertiary/aromatic N) is 1. The van der Waals surface area contributed by atoms with Crippen molar-refractivity contribution < 1.29 is 9.68 Å². The molecule has 4 nitrogen and oxygen atoms in total. The Morgan fingerprint density at radius 1 is 1.18 bits per heavy atom. The lowest BCUT2D eigenvalue weighted by atomic mass is 10.6. The van der Waals surface area contributed by atoms with Crippen molar-refractivity contribution in [1.29, 1.82) is 0 Å². The van der Waals surface area contributed by atoms with E-state index in [1.807, 2.05) is 20.9 Å². The summed E-state index contributed by atoms with van der Waals surface area (Å²) in [4.78, 5) is 10.3. The van der Waals surface area contributed by atoms with Gasteiger partial charge < -0.3 is 5.32 Å². The Labute approximate surface area is 68.4 Å². The van der Waals surface area contributed by atoms with Crippen LogP contribution in [0.1, 0.15) is 13.8 Å². The molecule has 0 rings (SSSR count). The van der Waals surface area contributed by atoms with Crippen molar-refractivity contribution in [2.75, 3.05) is 33.4 Å². The molecule has 11 heavy (non-hydrogen) atoms. The number of hydrogen-bond donors (Lipinski definition) is 1. The maximum Gasteiger partial charge on any atom is 0.0683 e. The summed E-state index contributed by atoms with van der Waals surface area (Å²) < 4.78 is 0. The molecule has 0 aliphatic heterocycles. The predicted molar refractivity (Wildman–Crippen MR) is 43.9 cm³/mol. The summed E-state index contributed by atoms with van der Waals surface area (Å²) in [6.45, 7) is 6.77. The zero-order chi connectivity index (χ0) is 8.53. The van der Waals surface area contributed by atoms with Gasteiger partial charge in [-0.05, 0) is 20.9 Å². The summed E-state index contributed by atoms with van der Waals surface area (Å²) in [6, 6.07) is 0. The summed E-state index contributed by atoms with van der Waals surface area (Å²) in [5, 5.41) is 4.52. The maximum absolute atomic E-state index is 5.16. The van der Waals surface area contributed by atoms with Crippen LogP contribution in [0, 0.1) is 0 Å². The highest BCUT2D eigenvalue weighted by atomic mass is 16.9. The van der Waals surface area contributed by atoms with E-state index in [1.54, 1.807) is 0 Å². The second-order valence-corrected chi connectivity index (χ2v) is 2.00. The van der Waals surface area contributed by atoms with E-state index >= 15 is 0 Å². The zero-order valence-electron chi connectivity index (χ0n) is 7.59. The average Bonchev–Trinajstić information content (AvgIpc) is 2.01. The van der Waals surface area contributed by atoms with E-state index < -0.39 is 0 Å². The predicted octanol–water partition coefficient (Wildman–Crippen LogP) is 0.411. The van der Waals surface area contributed by atoms with Gasteiger partial charge in [0.1, 0.15) is 0 Å².